The summed E-state index contributed by atoms with van der Waals surface area (Å²) in [6, 6.07) is 8.83. The van der Waals surface area contributed by atoms with Gasteiger partial charge in [-0.05, 0) is 31.4 Å². The standard InChI is InChI=1S/C15H13N3O2/c16-9-12-13-6-1-2-7-18(13)14(17-12)10-4-3-5-11(8-10)15(19)20/h3-5,8H,1-2,6-7H2,(H,19,20). The van der Waals surface area contributed by atoms with E-state index >= 15 is 0 Å². The van der Waals surface area contributed by atoms with Crippen LogP contribution in [0, 0.1) is 11.3 Å². The second-order valence-corrected chi connectivity index (χ2v) is 4.84. The lowest BCUT2D eigenvalue weighted by Crippen LogP contribution is -2.11. The van der Waals surface area contributed by atoms with Crippen LogP contribution in [0.4, 0.5) is 0 Å². The molecule has 1 aromatic carbocycles. The lowest BCUT2D eigenvalue weighted by molar-refractivity contribution is 0.0697. The van der Waals surface area contributed by atoms with Gasteiger partial charge in [0.05, 0.1) is 11.3 Å². The third kappa shape index (κ3) is 1.95. The Morgan fingerprint density at radius 2 is 2.25 bits per heavy atom. The molecule has 0 unspecified atom stereocenters. The van der Waals surface area contributed by atoms with Crippen molar-refractivity contribution < 1.29 is 9.90 Å². The van der Waals surface area contributed by atoms with Crippen molar-refractivity contribution in [2.75, 3.05) is 0 Å². The first-order chi connectivity index (χ1) is 9.70. The number of hydrogen-bond acceptors (Lipinski definition) is 3. The predicted molar refractivity (Wildman–Crippen MR) is 72.3 cm³/mol. The topological polar surface area (TPSA) is 78.9 Å². The van der Waals surface area contributed by atoms with E-state index in [-0.39, 0.29) is 5.56 Å². The van der Waals surface area contributed by atoms with Gasteiger partial charge in [-0.25, -0.2) is 9.78 Å². The average Bonchev–Trinajstić information content (AvgIpc) is 2.86. The Labute approximate surface area is 116 Å². The smallest absolute Gasteiger partial charge is 0.335 e. The summed E-state index contributed by atoms with van der Waals surface area (Å²) in [5.41, 5.74) is 2.40. The van der Waals surface area contributed by atoms with Crippen molar-refractivity contribution >= 4 is 5.97 Å². The molecular formula is C15H13N3O2. The molecule has 1 N–H and O–H groups in total. The van der Waals surface area contributed by atoms with Crippen molar-refractivity contribution in [1.82, 2.24) is 9.55 Å². The van der Waals surface area contributed by atoms with Crippen LogP contribution < -0.4 is 0 Å². The molecule has 20 heavy (non-hydrogen) atoms. The zero-order chi connectivity index (χ0) is 14.1. The molecule has 1 aliphatic rings. The van der Waals surface area contributed by atoms with Gasteiger partial charge in [-0.2, -0.15) is 5.26 Å². The van der Waals surface area contributed by atoms with E-state index in [2.05, 4.69) is 11.1 Å². The van der Waals surface area contributed by atoms with Crippen LogP contribution in [0.15, 0.2) is 24.3 Å². The molecule has 0 spiro atoms. The lowest BCUT2D eigenvalue weighted by Gasteiger charge is -2.16. The number of benzene rings is 1. The molecule has 0 saturated heterocycles. The summed E-state index contributed by atoms with van der Waals surface area (Å²) >= 11 is 0. The summed E-state index contributed by atoms with van der Waals surface area (Å²) < 4.78 is 2.04. The largest absolute Gasteiger partial charge is 0.478 e. The van der Waals surface area contributed by atoms with E-state index in [1.165, 1.54) is 0 Å². The van der Waals surface area contributed by atoms with E-state index in [1.807, 2.05) is 10.6 Å². The van der Waals surface area contributed by atoms with Crippen molar-refractivity contribution in [2.45, 2.75) is 25.8 Å². The minimum atomic E-state index is -0.960. The average molecular weight is 267 g/mol. The number of hydrogen-bond donors (Lipinski definition) is 1. The molecule has 0 fully saturated rings. The highest BCUT2D eigenvalue weighted by Gasteiger charge is 2.21. The van der Waals surface area contributed by atoms with Gasteiger partial charge in [0, 0.05) is 12.1 Å². The Balaban J connectivity index is 2.15. The van der Waals surface area contributed by atoms with Gasteiger partial charge in [-0.1, -0.05) is 12.1 Å². The Morgan fingerprint density at radius 1 is 1.40 bits per heavy atom. The monoisotopic (exact) mass is 267 g/mol. The third-order valence-electron chi connectivity index (χ3n) is 3.59. The first kappa shape index (κ1) is 12.4. The Hall–Kier alpha value is -2.61. The van der Waals surface area contributed by atoms with Crippen LogP contribution in [0.3, 0.4) is 0 Å². The number of imidazole rings is 1. The van der Waals surface area contributed by atoms with E-state index in [4.69, 9.17) is 5.11 Å². The molecule has 0 bridgehead atoms. The zero-order valence-electron chi connectivity index (χ0n) is 10.8. The van der Waals surface area contributed by atoms with Crippen LogP contribution >= 0.6 is 0 Å². The molecule has 0 aliphatic carbocycles. The summed E-state index contributed by atoms with van der Waals surface area (Å²) in [6.07, 6.45) is 2.98. The fourth-order valence-electron chi connectivity index (χ4n) is 2.64. The minimum Gasteiger partial charge on any atom is -0.478 e. The molecule has 2 heterocycles. The van der Waals surface area contributed by atoms with Gasteiger partial charge in [-0.3, -0.25) is 0 Å². The van der Waals surface area contributed by atoms with E-state index in [0.29, 0.717) is 11.5 Å². The number of carboxylic acid groups (broad SMARTS) is 1. The predicted octanol–water partition coefficient (Wildman–Crippen LogP) is 2.46. The molecule has 2 aromatic rings. The van der Waals surface area contributed by atoms with Crippen LogP contribution in [0.1, 0.15) is 34.6 Å². The normalized spacial score (nSPS) is 13.6. The molecule has 100 valence electrons. The Bertz CT molecular complexity index is 725. The molecule has 5 nitrogen and oxygen atoms in total. The number of aromatic nitrogens is 2. The molecule has 1 aromatic heterocycles. The highest BCUT2D eigenvalue weighted by Crippen LogP contribution is 2.27. The van der Waals surface area contributed by atoms with Gasteiger partial charge in [0.25, 0.3) is 0 Å². The third-order valence-corrected chi connectivity index (χ3v) is 3.59. The molecule has 0 saturated carbocycles. The van der Waals surface area contributed by atoms with Gasteiger partial charge in [0.1, 0.15) is 11.9 Å². The van der Waals surface area contributed by atoms with Crippen molar-refractivity contribution in [2.24, 2.45) is 0 Å². The minimum absolute atomic E-state index is 0.231. The molecule has 3 rings (SSSR count). The molecule has 5 heteroatoms. The molecular weight excluding hydrogens is 254 g/mol. The lowest BCUT2D eigenvalue weighted by atomic mass is 10.1. The van der Waals surface area contributed by atoms with Crippen LogP contribution in [0.2, 0.25) is 0 Å². The van der Waals surface area contributed by atoms with Crippen LogP contribution in [-0.2, 0) is 13.0 Å². The second-order valence-electron chi connectivity index (χ2n) is 4.84. The first-order valence-electron chi connectivity index (χ1n) is 6.54. The molecule has 0 radical (unpaired) electrons. The van der Waals surface area contributed by atoms with Crippen molar-refractivity contribution in [3.05, 3.63) is 41.2 Å². The summed E-state index contributed by atoms with van der Waals surface area (Å²) in [5.74, 6) is -0.267. The highest BCUT2D eigenvalue weighted by molar-refractivity contribution is 5.89. The molecule has 1 aliphatic heterocycles. The van der Waals surface area contributed by atoms with E-state index in [1.54, 1.807) is 18.2 Å². The van der Waals surface area contributed by atoms with Crippen LogP contribution in [0.25, 0.3) is 11.4 Å². The van der Waals surface area contributed by atoms with E-state index in [0.717, 1.165) is 37.1 Å². The number of rotatable bonds is 2. The number of carbonyl (C=O) groups is 1. The Kier molecular flexibility index (Phi) is 2.99. The summed E-state index contributed by atoms with van der Waals surface area (Å²) in [6.45, 7) is 0.830. The first-order valence-corrected chi connectivity index (χ1v) is 6.54. The highest BCUT2D eigenvalue weighted by atomic mass is 16.4. The van der Waals surface area contributed by atoms with Crippen LogP contribution in [-0.4, -0.2) is 20.6 Å². The fourth-order valence-corrected chi connectivity index (χ4v) is 2.64. The maximum Gasteiger partial charge on any atom is 0.335 e. The van der Waals surface area contributed by atoms with Crippen molar-refractivity contribution in [1.29, 1.82) is 5.26 Å². The SMILES string of the molecule is N#Cc1nc(-c2cccc(C(=O)O)c2)n2c1CCCC2. The van der Waals surface area contributed by atoms with Gasteiger partial charge >= 0.3 is 5.97 Å². The van der Waals surface area contributed by atoms with Crippen LogP contribution in [0.5, 0.6) is 0 Å². The summed E-state index contributed by atoms with van der Waals surface area (Å²) in [5, 5.41) is 18.2. The number of nitrogens with zero attached hydrogens (tertiary/aromatic N) is 3. The van der Waals surface area contributed by atoms with Gasteiger partial charge in [0.2, 0.25) is 0 Å². The molecule has 0 atom stereocenters. The molecule has 0 amide bonds. The number of nitriles is 1. The van der Waals surface area contributed by atoms with E-state index < -0.39 is 5.97 Å². The summed E-state index contributed by atoms with van der Waals surface area (Å²) in [7, 11) is 0. The fraction of sp³-hybridized carbons (Fsp3) is 0.267. The maximum atomic E-state index is 11.1. The van der Waals surface area contributed by atoms with Crippen molar-refractivity contribution in [3.8, 4) is 17.5 Å². The van der Waals surface area contributed by atoms with Gasteiger partial charge in [-0.15, -0.1) is 0 Å². The van der Waals surface area contributed by atoms with Crippen molar-refractivity contribution in [3.63, 3.8) is 0 Å². The Morgan fingerprint density at radius 3 is 3.00 bits per heavy atom. The van der Waals surface area contributed by atoms with E-state index in [9.17, 15) is 10.1 Å². The second kappa shape index (κ2) is 4.82. The summed E-state index contributed by atoms with van der Waals surface area (Å²) in [4.78, 5) is 15.4. The van der Waals surface area contributed by atoms with Gasteiger partial charge < -0.3 is 9.67 Å². The van der Waals surface area contributed by atoms with Gasteiger partial charge in [0.15, 0.2) is 5.69 Å². The zero-order valence-corrected chi connectivity index (χ0v) is 10.8. The number of fused-ring (bicyclic) bond motifs is 1. The maximum absolute atomic E-state index is 11.1. The number of carboxylic acids is 1. The number of aromatic carboxylic acids is 1. The quantitative estimate of drug-likeness (QED) is 0.906.